The van der Waals surface area contributed by atoms with Gasteiger partial charge in [0.05, 0.1) is 22.3 Å². The molecule has 0 aromatic carbocycles. The van der Waals surface area contributed by atoms with Crippen molar-refractivity contribution in [2.45, 2.75) is 47.1 Å². The summed E-state index contributed by atoms with van der Waals surface area (Å²) in [4.78, 5) is 16.9. The molecule has 0 aliphatic rings. The Hall–Kier alpha value is -1.49. The molecule has 0 atom stereocenters. The summed E-state index contributed by atoms with van der Waals surface area (Å²) in [5.74, 6) is 0.0814. The lowest BCUT2D eigenvalue weighted by atomic mass is 10.0. The van der Waals surface area contributed by atoms with Crippen molar-refractivity contribution in [1.29, 1.82) is 0 Å². The second kappa shape index (κ2) is 6.52. The van der Waals surface area contributed by atoms with Gasteiger partial charge in [-0.25, -0.2) is 0 Å². The maximum absolute atomic E-state index is 12.6. The molecule has 0 fully saturated rings. The first kappa shape index (κ1) is 15.9. The summed E-state index contributed by atoms with van der Waals surface area (Å²) in [5.41, 5.74) is 4.35. The molecule has 0 N–H and O–H groups in total. The van der Waals surface area contributed by atoms with Crippen LogP contribution >= 0.6 is 15.9 Å². The Labute approximate surface area is 133 Å². The molecule has 0 amide bonds. The molecule has 2 aromatic rings. The number of hydrogen-bond acceptors (Lipinski definition) is 3. The first-order valence-corrected chi connectivity index (χ1v) is 7.98. The maximum atomic E-state index is 12.6. The Balaban J connectivity index is 2.33. The van der Waals surface area contributed by atoms with E-state index in [1.54, 1.807) is 0 Å². The zero-order chi connectivity index (χ0) is 15.6. The fourth-order valence-electron chi connectivity index (χ4n) is 2.41. The van der Waals surface area contributed by atoms with Crippen LogP contribution in [0.25, 0.3) is 0 Å². The summed E-state index contributed by atoms with van der Waals surface area (Å²) in [5, 5.41) is 4.53. The number of halogens is 1. The van der Waals surface area contributed by atoms with Crippen LogP contribution in [0.15, 0.2) is 16.6 Å². The molecular weight excluding hydrogens is 330 g/mol. The van der Waals surface area contributed by atoms with Gasteiger partial charge in [-0.2, -0.15) is 5.10 Å². The van der Waals surface area contributed by atoms with Crippen LogP contribution in [0.5, 0.6) is 0 Å². The van der Waals surface area contributed by atoms with Crippen molar-refractivity contribution in [2.75, 3.05) is 0 Å². The van der Waals surface area contributed by atoms with E-state index in [4.69, 9.17) is 0 Å². The van der Waals surface area contributed by atoms with E-state index in [0.717, 1.165) is 40.2 Å². The normalized spacial score (nSPS) is 10.9. The minimum absolute atomic E-state index is 0.0814. The van der Waals surface area contributed by atoms with Crippen LogP contribution in [0.3, 0.4) is 0 Å². The van der Waals surface area contributed by atoms with Crippen LogP contribution in [0.1, 0.15) is 47.0 Å². The van der Waals surface area contributed by atoms with Crippen LogP contribution in [0, 0.1) is 13.8 Å². The predicted molar refractivity (Wildman–Crippen MR) is 86.7 cm³/mol. The molecule has 0 radical (unpaired) electrons. The van der Waals surface area contributed by atoms with Crippen molar-refractivity contribution in [3.8, 4) is 0 Å². The van der Waals surface area contributed by atoms with Gasteiger partial charge in [0.15, 0.2) is 5.78 Å². The summed E-state index contributed by atoms with van der Waals surface area (Å²) in [6.45, 7) is 8.66. The molecule has 2 heterocycles. The minimum atomic E-state index is 0.0814. The molecule has 0 aliphatic heterocycles. The summed E-state index contributed by atoms with van der Waals surface area (Å²) in [6, 6.07) is 3.74. The van der Waals surface area contributed by atoms with Crippen LogP contribution in [0.4, 0.5) is 0 Å². The number of aromatic nitrogens is 3. The average Bonchev–Trinajstić information content (AvgIpc) is 2.75. The van der Waals surface area contributed by atoms with Crippen molar-refractivity contribution in [3.05, 3.63) is 44.9 Å². The van der Waals surface area contributed by atoms with Gasteiger partial charge in [-0.1, -0.05) is 6.92 Å². The first-order chi connectivity index (χ1) is 9.97. The largest absolute Gasteiger partial charge is 0.294 e. The van der Waals surface area contributed by atoms with Crippen molar-refractivity contribution < 1.29 is 4.79 Å². The molecule has 0 bridgehead atoms. The quantitative estimate of drug-likeness (QED) is 0.773. The van der Waals surface area contributed by atoms with E-state index in [0.29, 0.717) is 12.0 Å². The van der Waals surface area contributed by atoms with Gasteiger partial charge in [-0.3, -0.25) is 14.5 Å². The number of ketones is 1. The molecule has 0 spiro atoms. The fraction of sp³-hybridized carbons (Fsp3) is 0.438. The number of nitrogens with zero attached hydrogens (tertiary/aromatic N) is 3. The number of carbonyl (C=O) groups excluding carboxylic acids is 1. The second-order valence-electron chi connectivity index (χ2n) is 5.06. The number of Topliss-reactive ketones (excluding diaryl/α,β-unsaturated/α-hetero) is 1. The van der Waals surface area contributed by atoms with Gasteiger partial charge < -0.3 is 0 Å². The molecule has 4 nitrogen and oxygen atoms in total. The highest BCUT2D eigenvalue weighted by molar-refractivity contribution is 9.10. The fourth-order valence-corrected chi connectivity index (χ4v) is 3.12. The molecule has 112 valence electrons. The lowest BCUT2D eigenvalue weighted by molar-refractivity contribution is 0.0989. The number of hydrogen-bond donors (Lipinski definition) is 0. The SMILES string of the molecule is CCc1nn(CC)c(CC(=O)c2ccc(C)nc2C)c1Br. The van der Waals surface area contributed by atoms with E-state index in [2.05, 4.69) is 32.9 Å². The third-order valence-electron chi connectivity index (χ3n) is 3.55. The number of carbonyl (C=O) groups is 1. The molecular formula is C16H20BrN3O. The zero-order valence-electron chi connectivity index (χ0n) is 12.9. The van der Waals surface area contributed by atoms with Gasteiger partial charge in [0, 0.05) is 23.5 Å². The van der Waals surface area contributed by atoms with Gasteiger partial charge in [0.1, 0.15) is 0 Å². The summed E-state index contributed by atoms with van der Waals surface area (Å²) in [6.07, 6.45) is 1.19. The number of aryl methyl sites for hydroxylation is 4. The highest BCUT2D eigenvalue weighted by atomic mass is 79.9. The third-order valence-corrected chi connectivity index (χ3v) is 4.46. The van der Waals surface area contributed by atoms with Crippen molar-refractivity contribution in [1.82, 2.24) is 14.8 Å². The van der Waals surface area contributed by atoms with Gasteiger partial charge in [0.2, 0.25) is 0 Å². The predicted octanol–water partition coefficient (Wildman–Crippen LogP) is 3.67. The van der Waals surface area contributed by atoms with Crippen molar-refractivity contribution in [2.24, 2.45) is 0 Å². The Bertz CT molecular complexity index is 676. The highest BCUT2D eigenvalue weighted by Gasteiger charge is 2.19. The third kappa shape index (κ3) is 3.23. The van der Waals surface area contributed by atoms with Gasteiger partial charge in [0.25, 0.3) is 0 Å². The molecule has 2 rings (SSSR count). The molecule has 21 heavy (non-hydrogen) atoms. The monoisotopic (exact) mass is 349 g/mol. The van der Waals surface area contributed by atoms with Crippen LogP contribution in [-0.4, -0.2) is 20.5 Å². The first-order valence-electron chi connectivity index (χ1n) is 7.19. The standard InChI is InChI=1S/C16H20BrN3O/c1-5-13-16(17)14(20(6-2)19-13)9-15(21)12-8-7-10(3)18-11(12)4/h7-8H,5-6,9H2,1-4H3. The Morgan fingerprint density at radius 3 is 2.57 bits per heavy atom. The highest BCUT2D eigenvalue weighted by Crippen LogP contribution is 2.24. The minimum Gasteiger partial charge on any atom is -0.294 e. The summed E-state index contributed by atoms with van der Waals surface area (Å²) < 4.78 is 2.86. The van der Waals surface area contributed by atoms with Crippen molar-refractivity contribution in [3.63, 3.8) is 0 Å². The molecule has 0 saturated carbocycles. The maximum Gasteiger partial charge on any atom is 0.170 e. The summed E-state index contributed by atoms with van der Waals surface area (Å²) in [7, 11) is 0. The van der Waals surface area contributed by atoms with Gasteiger partial charge in [-0.15, -0.1) is 0 Å². The molecule has 0 saturated heterocycles. The van der Waals surface area contributed by atoms with Crippen LogP contribution in [0.2, 0.25) is 0 Å². The number of rotatable bonds is 5. The smallest absolute Gasteiger partial charge is 0.170 e. The molecule has 5 heteroatoms. The lowest BCUT2D eigenvalue weighted by Gasteiger charge is -2.07. The second-order valence-corrected chi connectivity index (χ2v) is 5.86. The van der Waals surface area contributed by atoms with E-state index in [9.17, 15) is 4.79 Å². The Morgan fingerprint density at radius 2 is 2.00 bits per heavy atom. The number of pyridine rings is 1. The van der Waals surface area contributed by atoms with E-state index in [1.807, 2.05) is 37.6 Å². The van der Waals surface area contributed by atoms with Crippen molar-refractivity contribution >= 4 is 21.7 Å². The topological polar surface area (TPSA) is 47.8 Å². The van der Waals surface area contributed by atoms with E-state index in [-0.39, 0.29) is 5.78 Å². The van der Waals surface area contributed by atoms with Gasteiger partial charge in [-0.05, 0) is 55.3 Å². The van der Waals surface area contributed by atoms with E-state index < -0.39 is 0 Å². The average molecular weight is 350 g/mol. The summed E-state index contributed by atoms with van der Waals surface area (Å²) >= 11 is 3.58. The Morgan fingerprint density at radius 1 is 1.29 bits per heavy atom. The van der Waals surface area contributed by atoms with Crippen LogP contribution < -0.4 is 0 Å². The lowest BCUT2D eigenvalue weighted by Crippen LogP contribution is -2.12. The molecule has 0 unspecified atom stereocenters. The Kier molecular flexibility index (Phi) is 4.93. The van der Waals surface area contributed by atoms with Gasteiger partial charge >= 0.3 is 0 Å². The van der Waals surface area contributed by atoms with E-state index >= 15 is 0 Å². The van der Waals surface area contributed by atoms with E-state index in [1.165, 1.54) is 0 Å². The molecule has 0 aliphatic carbocycles. The zero-order valence-corrected chi connectivity index (χ0v) is 14.5. The van der Waals surface area contributed by atoms with Crippen LogP contribution in [-0.2, 0) is 19.4 Å². The molecule has 2 aromatic heterocycles.